The molecule has 0 aliphatic rings. The van der Waals surface area contributed by atoms with E-state index in [1.807, 2.05) is 0 Å². The first-order valence-electron chi connectivity index (χ1n) is 13.5. The van der Waals surface area contributed by atoms with Crippen molar-refractivity contribution in [3.05, 3.63) is 203 Å². The Morgan fingerprint density at radius 2 is 0.422 bits per heavy atom. The Bertz CT molecular complexity index is 1260. The molecule has 228 valence electrons. The molecular formula is C36H30As2F2N2O2W-2. The van der Waals surface area contributed by atoms with Crippen molar-refractivity contribution in [2.24, 2.45) is 0 Å². The van der Waals surface area contributed by atoms with Crippen LogP contribution in [0.25, 0.3) is 11.2 Å². The molecule has 45 heavy (non-hydrogen) atoms. The molecule has 0 unspecified atom stereocenters. The van der Waals surface area contributed by atoms with Crippen LogP contribution in [0, 0.1) is 9.81 Å². The van der Waals surface area contributed by atoms with Gasteiger partial charge in [0.05, 0.1) is 0 Å². The van der Waals surface area contributed by atoms with Gasteiger partial charge in [0, 0.05) is 0 Å². The van der Waals surface area contributed by atoms with Crippen molar-refractivity contribution in [2.75, 3.05) is 0 Å². The van der Waals surface area contributed by atoms with Gasteiger partial charge in [-0.1, -0.05) is 0 Å². The van der Waals surface area contributed by atoms with Gasteiger partial charge in [-0.2, -0.15) is 0 Å². The fourth-order valence-corrected chi connectivity index (χ4v) is 14.0. The molecular weight excluding hydrogens is 864 g/mol. The molecule has 0 aromatic heterocycles. The van der Waals surface area contributed by atoms with Gasteiger partial charge >= 0.3 is 263 Å². The molecule has 0 saturated heterocycles. The van der Waals surface area contributed by atoms with Gasteiger partial charge in [0.25, 0.3) is 0 Å². The monoisotopic (exact) mass is 894 g/mol. The zero-order chi connectivity index (χ0) is 32.5. The normalized spacial score (nSPS) is 9.51. The van der Waals surface area contributed by atoms with Crippen LogP contribution in [0.3, 0.4) is 0 Å². The summed E-state index contributed by atoms with van der Waals surface area (Å²) in [6.45, 7) is 0. The standard InChI is InChI=1S/2C18H15As.2FH.2NO.W/c2*1-4-10-16(11-5-1)19(17-12-6-2-7-13-17)18-14-8-3-9-15-18;;;2*1-2;/h2*1-15H;2*1H;;;/q;;;;2*-1;+2/p-2. The molecule has 0 aliphatic carbocycles. The predicted octanol–water partition coefficient (Wildman–Crippen LogP) is 5.89. The van der Waals surface area contributed by atoms with Crippen LogP contribution in [-0.4, -0.2) is 29.3 Å². The molecule has 9 heteroatoms. The number of nitrogens with zero attached hydrogens (tertiary/aromatic N) is 2. The van der Waals surface area contributed by atoms with Crippen LogP contribution in [0.4, 0.5) is 6.32 Å². The van der Waals surface area contributed by atoms with Crippen molar-refractivity contribution >= 4 is 55.4 Å². The second-order valence-electron chi connectivity index (χ2n) is 8.74. The van der Waals surface area contributed by atoms with Crippen molar-refractivity contribution < 1.29 is 25.9 Å². The maximum absolute atomic E-state index is 9.79. The van der Waals surface area contributed by atoms with Gasteiger partial charge < -0.3 is 21.0 Å². The van der Waals surface area contributed by atoms with Crippen molar-refractivity contribution in [1.82, 2.24) is 0 Å². The minimum absolute atomic E-state index is 1.39. The second kappa shape index (κ2) is 23.6. The van der Waals surface area contributed by atoms with Crippen LogP contribution in [0.1, 0.15) is 0 Å². The predicted molar refractivity (Wildman–Crippen MR) is 184 cm³/mol. The van der Waals surface area contributed by atoms with E-state index in [0.717, 1.165) is 0 Å². The first kappa shape index (κ1) is 37.4. The van der Waals surface area contributed by atoms with Crippen molar-refractivity contribution in [2.45, 2.75) is 0 Å². The van der Waals surface area contributed by atoms with Gasteiger partial charge in [-0.05, 0) is 0 Å². The summed E-state index contributed by atoms with van der Waals surface area (Å²) >= 11 is -5.53. The summed E-state index contributed by atoms with van der Waals surface area (Å²) in [5.41, 5.74) is 11.5. The summed E-state index contributed by atoms with van der Waals surface area (Å²) in [6.07, 6.45) is 0. The molecule has 0 N–H and O–H groups in total. The van der Waals surface area contributed by atoms with Crippen LogP contribution in [0.15, 0.2) is 182 Å². The van der Waals surface area contributed by atoms with Crippen LogP contribution in [0.5, 0.6) is 0 Å². The fourth-order valence-electron chi connectivity index (χ4n) is 4.36. The van der Waals surface area contributed by atoms with Crippen LogP contribution >= 0.6 is 0 Å². The van der Waals surface area contributed by atoms with Crippen LogP contribution < -0.4 is 26.1 Å². The first-order valence-corrected chi connectivity index (χ1v) is 21.3. The summed E-state index contributed by atoms with van der Waals surface area (Å²) in [7, 11) is 0. The number of benzene rings is 6. The topological polar surface area (TPSA) is 78.7 Å². The van der Waals surface area contributed by atoms with E-state index in [1.165, 1.54) is 26.1 Å². The van der Waals surface area contributed by atoms with E-state index >= 15 is 0 Å². The van der Waals surface area contributed by atoms with E-state index in [1.54, 1.807) is 0 Å². The molecule has 0 amide bonds. The molecule has 0 saturated carbocycles. The van der Waals surface area contributed by atoms with Gasteiger partial charge in [-0.15, -0.1) is 0 Å². The van der Waals surface area contributed by atoms with Crippen LogP contribution in [0.2, 0.25) is 0 Å². The molecule has 6 aromatic carbocycles. The summed E-state index contributed by atoms with van der Waals surface area (Å²) in [5.74, 6) is 0. The molecule has 6 rings (SSSR count). The van der Waals surface area contributed by atoms with Crippen molar-refractivity contribution in [1.29, 1.82) is 0 Å². The van der Waals surface area contributed by atoms with Crippen molar-refractivity contribution in [3.63, 3.8) is 0 Å². The number of rotatable bonds is 6. The molecule has 0 aliphatic heterocycles. The number of nitroso groups, excluding NO2 is 2. The molecule has 0 fully saturated rings. The Labute approximate surface area is 282 Å². The zero-order valence-electron chi connectivity index (χ0n) is 24.1. The molecule has 0 bridgehead atoms. The molecule has 4 nitrogen and oxygen atoms in total. The van der Waals surface area contributed by atoms with Gasteiger partial charge in [0.2, 0.25) is 0 Å². The Balaban J connectivity index is 0.000000262. The van der Waals surface area contributed by atoms with E-state index in [-0.39, 0.29) is 0 Å². The third kappa shape index (κ3) is 12.6. The quantitative estimate of drug-likeness (QED) is 0.196. The van der Waals surface area contributed by atoms with E-state index in [2.05, 4.69) is 182 Å². The third-order valence-corrected chi connectivity index (χ3v) is 16.3. The molecule has 6 aromatic rings. The van der Waals surface area contributed by atoms with E-state index in [4.69, 9.17) is 21.0 Å². The summed E-state index contributed by atoms with van der Waals surface area (Å²) in [5, 5.41) is 0. The van der Waals surface area contributed by atoms with E-state index in [0.29, 0.717) is 0 Å². The zero-order valence-corrected chi connectivity index (χ0v) is 30.8. The summed E-state index contributed by atoms with van der Waals surface area (Å²) < 4.78 is 28.5. The fraction of sp³-hybridized carbons (Fsp3) is 0. The molecule has 0 spiro atoms. The van der Waals surface area contributed by atoms with Gasteiger partial charge in [0.15, 0.2) is 0 Å². The number of hydrogen-bond acceptors (Lipinski definition) is 2. The van der Waals surface area contributed by atoms with E-state index < -0.39 is 48.9 Å². The summed E-state index contributed by atoms with van der Waals surface area (Å²) in [6, 6.07) is 65.4. The first-order chi connectivity index (χ1) is 22.3. The molecule has 0 atom stereocenters. The minimum atomic E-state index is -2.75. The summed E-state index contributed by atoms with van der Waals surface area (Å²) in [4.78, 5) is 14.5. The Hall–Kier alpha value is -3.81. The molecule has 0 heterocycles. The Morgan fingerprint density at radius 3 is 0.533 bits per heavy atom. The number of halogens is 2. The average molecular weight is 894 g/mol. The SMILES string of the molecule is [F][W][F].[N-]=O.[N-]=O.c1ccc([As](c2ccccc2)c2ccccc2)cc1.c1ccc([As](c2ccccc2)c2ccccc2)cc1. The van der Waals surface area contributed by atoms with Crippen LogP contribution in [-0.2, 0) is 19.6 Å². The number of hydrogen-bond donors (Lipinski definition) is 0. The molecule has 0 radical (unpaired) electrons. The Kier molecular flexibility index (Phi) is 19.6. The second-order valence-corrected chi connectivity index (χ2v) is 18.5. The van der Waals surface area contributed by atoms with E-state index in [9.17, 15) is 6.32 Å². The maximum atomic E-state index is 9.79. The van der Waals surface area contributed by atoms with Crippen molar-refractivity contribution in [3.8, 4) is 0 Å². The van der Waals surface area contributed by atoms with Gasteiger partial charge in [0.1, 0.15) is 0 Å². The third-order valence-electron chi connectivity index (χ3n) is 6.09. The Morgan fingerprint density at radius 1 is 0.311 bits per heavy atom. The average Bonchev–Trinajstić information content (AvgIpc) is 3.14. The van der Waals surface area contributed by atoms with Gasteiger partial charge in [-0.25, -0.2) is 0 Å². The van der Waals surface area contributed by atoms with Gasteiger partial charge in [-0.3, -0.25) is 0 Å².